The molecule has 34 heavy (non-hydrogen) atoms. The van der Waals surface area contributed by atoms with E-state index in [1.54, 1.807) is 6.92 Å². The van der Waals surface area contributed by atoms with Crippen LogP contribution in [0, 0.1) is 24.1 Å². The van der Waals surface area contributed by atoms with Crippen molar-refractivity contribution in [3.8, 4) is 0 Å². The Bertz CT molecular complexity index is 1370. The lowest BCUT2D eigenvalue weighted by atomic mass is 9.74. The number of fused-ring (bicyclic) bond motifs is 1. The van der Waals surface area contributed by atoms with Crippen molar-refractivity contribution in [2.45, 2.75) is 45.2 Å². The summed E-state index contributed by atoms with van der Waals surface area (Å²) in [7, 11) is 0. The van der Waals surface area contributed by atoms with Gasteiger partial charge in [0.1, 0.15) is 11.5 Å². The average Bonchev–Trinajstić information content (AvgIpc) is 3.03. The third-order valence-corrected chi connectivity index (χ3v) is 7.87. The number of halogens is 5. The third kappa shape index (κ3) is 3.57. The molecule has 180 valence electrons. The van der Waals surface area contributed by atoms with Gasteiger partial charge in [0.05, 0.1) is 21.3 Å². The van der Waals surface area contributed by atoms with Crippen molar-refractivity contribution in [1.29, 1.82) is 0 Å². The number of rotatable bonds is 3. The number of pyridine rings is 2. The van der Waals surface area contributed by atoms with E-state index in [9.17, 15) is 27.2 Å². The Morgan fingerprint density at radius 1 is 1.29 bits per heavy atom. The number of primary amides is 1. The Kier molecular flexibility index (Phi) is 5.75. The second-order valence-electron chi connectivity index (χ2n) is 9.15. The van der Waals surface area contributed by atoms with Gasteiger partial charge in [-0.1, -0.05) is 31.5 Å². The molecular formula is C24H22ClF4N3O2. The van der Waals surface area contributed by atoms with Gasteiger partial charge in [0, 0.05) is 23.9 Å². The molecule has 1 aromatic carbocycles. The van der Waals surface area contributed by atoms with Gasteiger partial charge in [-0.2, -0.15) is 13.2 Å². The van der Waals surface area contributed by atoms with Crippen molar-refractivity contribution in [1.82, 2.24) is 9.97 Å². The van der Waals surface area contributed by atoms with E-state index in [0.29, 0.717) is 11.1 Å². The zero-order valence-corrected chi connectivity index (χ0v) is 19.3. The van der Waals surface area contributed by atoms with Gasteiger partial charge in [-0.05, 0) is 48.4 Å². The van der Waals surface area contributed by atoms with Crippen LogP contribution >= 0.6 is 11.6 Å². The zero-order valence-electron chi connectivity index (χ0n) is 18.6. The van der Waals surface area contributed by atoms with Crippen molar-refractivity contribution in [3.05, 3.63) is 74.0 Å². The van der Waals surface area contributed by atoms with E-state index in [1.165, 1.54) is 38.2 Å². The Labute approximate surface area is 197 Å². The minimum atomic E-state index is -4.52. The average molecular weight is 496 g/mol. The summed E-state index contributed by atoms with van der Waals surface area (Å²) in [4.78, 5) is 31.6. The highest BCUT2D eigenvalue weighted by atomic mass is 35.5. The highest BCUT2D eigenvalue weighted by molar-refractivity contribution is 6.31. The number of nitrogens with one attached hydrogen (secondary N) is 1. The van der Waals surface area contributed by atoms with Gasteiger partial charge >= 0.3 is 6.18 Å². The molecule has 1 fully saturated rings. The molecular weight excluding hydrogens is 474 g/mol. The number of alkyl halides is 3. The fourth-order valence-corrected chi connectivity index (χ4v) is 5.48. The van der Waals surface area contributed by atoms with Crippen LogP contribution in [0.4, 0.5) is 17.6 Å². The fraction of sp³-hybridized carbons (Fsp3) is 0.375. The van der Waals surface area contributed by atoms with Crippen molar-refractivity contribution >= 4 is 28.4 Å². The van der Waals surface area contributed by atoms with E-state index in [0.717, 1.165) is 6.07 Å². The molecule has 1 aliphatic carbocycles. The van der Waals surface area contributed by atoms with Gasteiger partial charge in [0.15, 0.2) is 5.43 Å². The summed E-state index contributed by atoms with van der Waals surface area (Å²) in [5.74, 6) is -3.93. The summed E-state index contributed by atoms with van der Waals surface area (Å²) in [6, 6.07) is 5.26. The molecule has 0 spiro atoms. The molecule has 2 heterocycles. The summed E-state index contributed by atoms with van der Waals surface area (Å²) in [6.07, 6.45) is -3.52. The Morgan fingerprint density at radius 3 is 2.59 bits per heavy atom. The lowest BCUT2D eigenvalue weighted by Gasteiger charge is -2.34. The molecule has 4 atom stereocenters. The van der Waals surface area contributed by atoms with Gasteiger partial charge in [0.25, 0.3) is 5.91 Å². The van der Waals surface area contributed by atoms with Crippen LogP contribution in [0.15, 0.2) is 35.3 Å². The molecule has 0 radical (unpaired) electrons. The number of amides is 1. The lowest BCUT2D eigenvalue weighted by Crippen LogP contribution is -2.38. The van der Waals surface area contributed by atoms with Crippen LogP contribution in [-0.2, 0) is 0 Å². The molecule has 0 aliphatic heterocycles. The van der Waals surface area contributed by atoms with Crippen molar-refractivity contribution in [3.63, 3.8) is 0 Å². The van der Waals surface area contributed by atoms with E-state index in [-0.39, 0.29) is 33.7 Å². The fourth-order valence-electron chi connectivity index (χ4n) is 5.31. The number of benzene rings is 1. The molecule has 2 aromatic heterocycles. The molecule has 1 amide bonds. The SMILES string of the molecule is Cc1c([C@H]2C(c3cc(=O)c4c(C(N)=O)nccc4[nH]3)C[C@@](C)(C(F)(F)F)[C@H]2C)ccc(F)c1Cl. The first kappa shape index (κ1) is 24.2. The number of hydrogen-bond donors (Lipinski definition) is 2. The van der Waals surface area contributed by atoms with Gasteiger partial charge in [-0.3, -0.25) is 14.6 Å². The quantitative estimate of drug-likeness (QED) is 0.464. The second-order valence-corrected chi connectivity index (χ2v) is 9.53. The molecule has 1 saturated carbocycles. The van der Waals surface area contributed by atoms with Crippen LogP contribution in [0.2, 0.25) is 5.02 Å². The standard InChI is InChI=1S/C24H22ClF4N3O2/c1-10-12(4-5-14(26)20(10)25)18-11(2)23(3,24(27,28)29)9-13(18)16-8-17(33)19-15(32-16)6-7-31-21(19)22(30)34/h4-8,11,13,18H,9H2,1-3H3,(H2,30,34)(H,32,33)/t11-,13?,18-,23+/m0/s1. The summed E-state index contributed by atoms with van der Waals surface area (Å²) < 4.78 is 56.9. The topological polar surface area (TPSA) is 88.8 Å². The van der Waals surface area contributed by atoms with Crippen molar-refractivity contribution in [2.75, 3.05) is 0 Å². The van der Waals surface area contributed by atoms with Gasteiger partial charge in [-0.15, -0.1) is 0 Å². The molecule has 0 bridgehead atoms. The van der Waals surface area contributed by atoms with Crippen molar-refractivity contribution in [2.24, 2.45) is 17.1 Å². The van der Waals surface area contributed by atoms with Crippen LogP contribution in [0.3, 0.4) is 0 Å². The summed E-state index contributed by atoms with van der Waals surface area (Å²) in [5.41, 5.74) is 3.84. The summed E-state index contributed by atoms with van der Waals surface area (Å²) >= 11 is 6.11. The number of H-pyrrole nitrogens is 1. The number of aromatic nitrogens is 2. The van der Waals surface area contributed by atoms with Crippen LogP contribution < -0.4 is 11.2 Å². The minimum Gasteiger partial charge on any atom is -0.364 e. The summed E-state index contributed by atoms with van der Waals surface area (Å²) in [5, 5.41) is -0.172. The third-order valence-electron chi connectivity index (χ3n) is 7.40. The second kappa shape index (κ2) is 8.08. The van der Waals surface area contributed by atoms with E-state index < -0.39 is 46.5 Å². The maximum absolute atomic E-state index is 14.3. The molecule has 3 aromatic rings. The Morgan fingerprint density at radius 2 is 1.97 bits per heavy atom. The normalized spacial score (nSPS) is 25.1. The van der Waals surface area contributed by atoms with Crippen LogP contribution in [0.25, 0.3) is 10.9 Å². The first-order chi connectivity index (χ1) is 15.8. The first-order valence-electron chi connectivity index (χ1n) is 10.6. The maximum Gasteiger partial charge on any atom is 0.394 e. The molecule has 10 heteroatoms. The maximum atomic E-state index is 14.3. The van der Waals surface area contributed by atoms with E-state index >= 15 is 0 Å². The Hall–Kier alpha value is -2.94. The number of carbonyl (C=O) groups is 1. The molecule has 1 aliphatic rings. The first-order valence-corrected chi connectivity index (χ1v) is 11.0. The number of nitrogens with zero attached hydrogens (tertiary/aromatic N) is 1. The van der Waals surface area contributed by atoms with E-state index in [1.807, 2.05) is 0 Å². The van der Waals surface area contributed by atoms with E-state index in [4.69, 9.17) is 17.3 Å². The predicted octanol–water partition coefficient (Wildman–Crippen LogP) is 5.60. The Balaban J connectivity index is 1.96. The molecule has 0 saturated heterocycles. The van der Waals surface area contributed by atoms with Gasteiger partial charge in [-0.25, -0.2) is 4.39 Å². The summed E-state index contributed by atoms with van der Waals surface area (Å²) in [6.45, 7) is 4.25. The molecule has 4 rings (SSSR count). The molecule has 1 unspecified atom stereocenters. The highest BCUT2D eigenvalue weighted by Gasteiger charge is 2.62. The van der Waals surface area contributed by atoms with E-state index in [2.05, 4.69) is 9.97 Å². The van der Waals surface area contributed by atoms with Crippen LogP contribution in [0.5, 0.6) is 0 Å². The number of nitrogens with two attached hydrogens (primary N) is 1. The van der Waals surface area contributed by atoms with Crippen molar-refractivity contribution < 1.29 is 22.4 Å². The minimum absolute atomic E-state index is 0.0269. The molecule has 3 N–H and O–H groups in total. The number of carbonyl (C=O) groups excluding carboxylic acids is 1. The predicted molar refractivity (Wildman–Crippen MR) is 120 cm³/mol. The van der Waals surface area contributed by atoms with Gasteiger partial charge < -0.3 is 10.7 Å². The number of aromatic amines is 1. The zero-order chi connectivity index (χ0) is 25.2. The van der Waals surface area contributed by atoms with Gasteiger partial charge in [0.2, 0.25) is 0 Å². The monoisotopic (exact) mass is 495 g/mol. The van der Waals surface area contributed by atoms with Crippen LogP contribution in [-0.4, -0.2) is 22.1 Å². The highest BCUT2D eigenvalue weighted by Crippen LogP contribution is 2.64. The molecule has 5 nitrogen and oxygen atoms in total. The smallest absolute Gasteiger partial charge is 0.364 e. The number of hydrogen-bond acceptors (Lipinski definition) is 3. The largest absolute Gasteiger partial charge is 0.394 e. The van der Waals surface area contributed by atoms with Crippen LogP contribution in [0.1, 0.15) is 59.4 Å². The lowest BCUT2D eigenvalue weighted by molar-refractivity contribution is -0.229.